The molecule has 2 aromatic carbocycles. The zero-order valence-electron chi connectivity index (χ0n) is 10.2. The van der Waals surface area contributed by atoms with Gasteiger partial charge in [0, 0.05) is 6.21 Å². The number of halogens is 1. The van der Waals surface area contributed by atoms with E-state index in [0.29, 0.717) is 10.8 Å². The maximum atomic E-state index is 6.09. The Labute approximate surface area is 117 Å². The van der Waals surface area contributed by atoms with E-state index in [9.17, 15) is 0 Å². The van der Waals surface area contributed by atoms with Crippen LogP contribution in [0.1, 0.15) is 5.56 Å². The van der Waals surface area contributed by atoms with Gasteiger partial charge in [0.15, 0.2) is 0 Å². The van der Waals surface area contributed by atoms with Crippen LogP contribution in [0.2, 0.25) is 5.02 Å². The minimum absolute atomic E-state index is 0.206. The number of aliphatic imine (C=N–C) groups is 1. The maximum Gasteiger partial charge on any atom is 0.148 e. The van der Waals surface area contributed by atoms with Crippen molar-refractivity contribution in [3.63, 3.8) is 0 Å². The van der Waals surface area contributed by atoms with Crippen molar-refractivity contribution in [2.45, 2.75) is 0 Å². The molecule has 2 rings (SSSR count). The number of benzene rings is 2. The molecule has 2 aromatic rings. The molecule has 0 saturated carbocycles. The number of nitrogens with zero attached hydrogens (tertiary/aromatic N) is 1. The molecular formula is C16H12ClNO. The molecule has 19 heavy (non-hydrogen) atoms. The van der Waals surface area contributed by atoms with Crippen LogP contribution in [0.5, 0.6) is 5.75 Å². The Balaban J connectivity index is 2.12. The second-order valence-electron chi connectivity index (χ2n) is 3.78. The van der Waals surface area contributed by atoms with Gasteiger partial charge >= 0.3 is 0 Å². The maximum absolute atomic E-state index is 6.09. The lowest BCUT2D eigenvalue weighted by Crippen LogP contribution is -1.94. The summed E-state index contributed by atoms with van der Waals surface area (Å²) in [6.07, 6.45) is 6.89. The van der Waals surface area contributed by atoms with Crippen molar-refractivity contribution in [3.05, 3.63) is 59.1 Å². The molecule has 0 N–H and O–H groups in total. The van der Waals surface area contributed by atoms with E-state index in [0.717, 1.165) is 11.3 Å². The minimum atomic E-state index is 0.206. The first-order valence-corrected chi connectivity index (χ1v) is 6.12. The van der Waals surface area contributed by atoms with Crippen molar-refractivity contribution in [3.8, 4) is 18.1 Å². The van der Waals surface area contributed by atoms with Crippen LogP contribution in [0.15, 0.2) is 53.5 Å². The highest BCUT2D eigenvalue weighted by Gasteiger charge is 2.01. The fraction of sp³-hybridized carbons (Fsp3) is 0.0625. The summed E-state index contributed by atoms with van der Waals surface area (Å²) in [6.45, 7) is 0.206. The third kappa shape index (κ3) is 3.87. The largest absolute Gasteiger partial charge is 0.479 e. The second-order valence-corrected chi connectivity index (χ2v) is 4.18. The minimum Gasteiger partial charge on any atom is -0.479 e. The average molecular weight is 270 g/mol. The van der Waals surface area contributed by atoms with Gasteiger partial charge in [-0.05, 0) is 35.9 Å². The van der Waals surface area contributed by atoms with Gasteiger partial charge in [0.2, 0.25) is 0 Å². The molecule has 0 bridgehead atoms. The normalized spacial score (nSPS) is 10.3. The highest BCUT2D eigenvalue weighted by atomic mass is 35.5. The monoisotopic (exact) mass is 269 g/mol. The summed E-state index contributed by atoms with van der Waals surface area (Å²) < 4.78 is 5.29. The number of hydrogen-bond donors (Lipinski definition) is 0. The first kappa shape index (κ1) is 13.2. The zero-order valence-corrected chi connectivity index (χ0v) is 11.0. The van der Waals surface area contributed by atoms with Crippen LogP contribution in [0.3, 0.4) is 0 Å². The molecular weight excluding hydrogens is 258 g/mol. The molecule has 94 valence electrons. The van der Waals surface area contributed by atoms with Gasteiger partial charge < -0.3 is 4.74 Å². The SMILES string of the molecule is C#CCOc1ccc(C=Nc2ccccc2)cc1Cl. The molecule has 0 aromatic heterocycles. The molecule has 0 radical (unpaired) electrons. The van der Waals surface area contributed by atoms with Crippen molar-refractivity contribution in [2.24, 2.45) is 4.99 Å². The van der Waals surface area contributed by atoms with Gasteiger partial charge in [0.1, 0.15) is 12.4 Å². The molecule has 0 unspecified atom stereocenters. The Morgan fingerprint density at radius 3 is 2.68 bits per heavy atom. The summed E-state index contributed by atoms with van der Waals surface area (Å²) in [5.41, 5.74) is 1.80. The fourth-order valence-electron chi connectivity index (χ4n) is 1.50. The Morgan fingerprint density at radius 1 is 1.21 bits per heavy atom. The highest BCUT2D eigenvalue weighted by Crippen LogP contribution is 2.25. The van der Waals surface area contributed by atoms with Crippen molar-refractivity contribution < 1.29 is 4.74 Å². The second kappa shape index (κ2) is 6.63. The van der Waals surface area contributed by atoms with Gasteiger partial charge in [-0.15, -0.1) is 6.42 Å². The van der Waals surface area contributed by atoms with Gasteiger partial charge in [-0.25, -0.2) is 0 Å². The Bertz CT molecular complexity index is 614. The number of terminal acetylenes is 1. The van der Waals surface area contributed by atoms with E-state index >= 15 is 0 Å². The van der Waals surface area contributed by atoms with Crippen LogP contribution in [-0.2, 0) is 0 Å². The van der Waals surface area contributed by atoms with E-state index < -0.39 is 0 Å². The van der Waals surface area contributed by atoms with E-state index in [2.05, 4.69) is 10.9 Å². The number of rotatable bonds is 4. The molecule has 2 nitrogen and oxygen atoms in total. The smallest absolute Gasteiger partial charge is 0.148 e. The lowest BCUT2D eigenvalue weighted by Gasteiger charge is -2.05. The average Bonchev–Trinajstić information content (AvgIpc) is 2.45. The summed E-state index contributed by atoms with van der Waals surface area (Å²) in [5, 5.41) is 0.521. The highest BCUT2D eigenvalue weighted by molar-refractivity contribution is 6.32. The van der Waals surface area contributed by atoms with Gasteiger partial charge in [0.05, 0.1) is 10.7 Å². The van der Waals surface area contributed by atoms with Gasteiger partial charge in [-0.3, -0.25) is 4.99 Å². The molecule has 0 amide bonds. The molecule has 3 heteroatoms. The van der Waals surface area contributed by atoms with Crippen LogP contribution in [0.4, 0.5) is 5.69 Å². The van der Waals surface area contributed by atoms with Crippen molar-refractivity contribution in [2.75, 3.05) is 6.61 Å². The number of ether oxygens (including phenoxy) is 1. The zero-order chi connectivity index (χ0) is 13.5. The summed E-state index contributed by atoms with van der Waals surface area (Å²) in [7, 11) is 0. The van der Waals surface area contributed by atoms with Crippen LogP contribution >= 0.6 is 11.6 Å². The molecule has 0 aliphatic carbocycles. The standard InChI is InChI=1S/C16H12ClNO/c1-2-10-19-16-9-8-13(11-15(16)17)12-18-14-6-4-3-5-7-14/h1,3-9,11-12H,10H2. The molecule has 0 atom stereocenters. The van der Waals surface area contributed by atoms with Crippen LogP contribution < -0.4 is 4.74 Å². The molecule has 0 aliphatic rings. The van der Waals surface area contributed by atoms with E-state index in [-0.39, 0.29) is 6.61 Å². The van der Waals surface area contributed by atoms with Crippen molar-refractivity contribution in [1.82, 2.24) is 0 Å². The van der Waals surface area contributed by atoms with E-state index in [1.54, 1.807) is 18.3 Å². The summed E-state index contributed by atoms with van der Waals surface area (Å²) >= 11 is 6.09. The Kier molecular flexibility index (Phi) is 4.60. The van der Waals surface area contributed by atoms with Crippen molar-refractivity contribution >= 4 is 23.5 Å². The van der Waals surface area contributed by atoms with Crippen LogP contribution in [0, 0.1) is 12.3 Å². The molecule has 0 saturated heterocycles. The topological polar surface area (TPSA) is 21.6 Å². The summed E-state index contributed by atoms with van der Waals surface area (Å²) in [6, 6.07) is 15.2. The Morgan fingerprint density at radius 2 is 2.00 bits per heavy atom. The van der Waals surface area contributed by atoms with Crippen molar-refractivity contribution in [1.29, 1.82) is 0 Å². The first-order valence-electron chi connectivity index (χ1n) is 5.74. The molecule has 0 spiro atoms. The molecule has 0 aliphatic heterocycles. The third-order valence-electron chi connectivity index (χ3n) is 2.39. The molecule has 0 fully saturated rings. The van der Waals surface area contributed by atoms with E-state index in [1.165, 1.54) is 0 Å². The first-order chi connectivity index (χ1) is 9.29. The summed E-state index contributed by atoms with van der Waals surface area (Å²) in [5.74, 6) is 2.98. The van der Waals surface area contributed by atoms with E-state index in [4.69, 9.17) is 22.8 Å². The third-order valence-corrected chi connectivity index (χ3v) is 2.68. The van der Waals surface area contributed by atoms with Crippen LogP contribution in [0.25, 0.3) is 0 Å². The van der Waals surface area contributed by atoms with Gasteiger partial charge in [-0.2, -0.15) is 0 Å². The predicted octanol–water partition coefficient (Wildman–Crippen LogP) is 4.10. The fourth-order valence-corrected chi connectivity index (χ4v) is 1.74. The quantitative estimate of drug-likeness (QED) is 0.605. The van der Waals surface area contributed by atoms with Crippen LogP contribution in [-0.4, -0.2) is 12.8 Å². The number of hydrogen-bond acceptors (Lipinski definition) is 2. The van der Waals surface area contributed by atoms with E-state index in [1.807, 2.05) is 36.4 Å². The lowest BCUT2D eigenvalue weighted by atomic mass is 10.2. The summed E-state index contributed by atoms with van der Waals surface area (Å²) in [4.78, 5) is 4.35. The predicted molar refractivity (Wildman–Crippen MR) is 79.5 cm³/mol. The lowest BCUT2D eigenvalue weighted by molar-refractivity contribution is 0.370. The number of para-hydroxylation sites is 1. The Hall–Kier alpha value is -2.24. The van der Waals surface area contributed by atoms with Gasteiger partial charge in [-0.1, -0.05) is 35.7 Å². The molecule has 0 heterocycles. The van der Waals surface area contributed by atoms with Gasteiger partial charge in [0.25, 0.3) is 0 Å².